The number of carbonyl (C=O) groups is 1. The fourth-order valence-electron chi connectivity index (χ4n) is 3.45. The molecule has 1 saturated heterocycles. The first-order valence-corrected chi connectivity index (χ1v) is 10.2. The third kappa shape index (κ3) is 4.92. The van der Waals surface area contributed by atoms with Crippen LogP contribution in [-0.2, 0) is 0 Å². The van der Waals surface area contributed by atoms with Crippen LogP contribution in [0.5, 0.6) is 11.5 Å². The van der Waals surface area contributed by atoms with Crippen molar-refractivity contribution >= 4 is 46.2 Å². The number of anilines is 2. The summed E-state index contributed by atoms with van der Waals surface area (Å²) in [5.74, 6) is 0.390. The van der Waals surface area contributed by atoms with Gasteiger partial charge in [-0.2, -0.15) is 0 Å². The molecule has 2 N–H and O–H groups in total. The standard InChI is InChI=1S/C21H24ClN3O3S/c1-27-16-10-7-11-17(28-2)18(16)20(26)24-21(29)23-15-9-6-8-14(22)19(15)25-12-4-3-5-13-25/h6-11H,3-5,12-13H2,1-2H3,(H2,23,24,26,29). The molecule has 1 heterocycles. The molecule has 154 valence electrons. The number of piperidine rings is 1. The van der Waals surface area contributed by atoms with E-state index < -0.39 is 5.91 Å². The molecule has 3 rings (SSSR count). The molecule has 29 heavy (non-hydrogen) atoms. The van der Waals surface area contributed by atoms with Crippen LogP contribution in [0.25, 0.3) is 0 Å². The Morgan fingerprint density at radius 1 is 1.03 bits per heavy atom. The molecule has 0 saturated carbocycles. The first-order chi connectivity index (χ1) is 14.0. The molecule has 1 fully saturated rings. The van der Waals surface area contributed by atoms with Crippen LogP contribution in [-0.4, -0.2) is 38.3 Å². The van der Waals surface area contributed by atoms with Gasteiger partial charge in [-0.15, -0.1) is 0 Å². The lowest BCUT2D eigenvalue weighted by atomic mass is 10.1. The normalized spacial score (nSPS) is 13.6. The summed E-state index contributed by atoms with van der Waals surface area (Å²) >= 11 is 11.9. The summed E-state index contributed by atoms with van der Waals surface area (Å²) < 4.78 is 10.6. The minimum atomic E-state index is -0.418. The van der Waals surface area contributed by atoms with Crippen LogP contribution in [0.2, 0.25) is 5.02 Å². The molecule has 0 radical (unpaired) electrons. The summed E-state index contributed by atoms with van der Waals surface area (Å²) in [6.45, 7) is 1.88. The highest BCUT2D eigenvalue weighted by Crippen LogP contribution is 2.35. The van der Waals surface area contributed by atoms with Crippen molar-refractivity contribution in [3.05, 3.63) is 47.0 Å². The van der Waals surface area contributed by atoms with E-state index in [1.807, 2.05) is 18.2 Å². The number of para-hydroxylation sites is 1. The van der Waals surface area contributed by atoms with Gasteiger partial charge in [-0.05, 0) is 55.7 Å². The third-order valence-corrected chi connectivity index (χ3v) is 5.30. The van der Waals surface area contributed by atoms with Gasteiger partial charge in [0, 0.05) is 13.1 Å². The molecular weight excluding hydrogens is 410 g/mol. The Kier molecular flexibility index (Phi) is 7.17. The van der Waals surface area contributed by atoms with Crippen molar-refractivity contribution in [2.24, 2.45) is 0 Å². The summed E-state index contributed by atoms with van der Waals surface area (Å²) in [6.07, 6.45) is 3.47. The van der Waals surface area contributed by atoms with E-state index in [4.69, 9.17) is 33.3 Å². The Bertz CT molecular complexity index is 878. The van der Waals surface area contributed by atoms with Crippen molar-refractivity contribution in [1.29, 1.82) is 0 Å². The lowest BCUT2D eigenvalue weighted by Gasteiger charge is -2.31. The Balaban J connectivity index is 1.78. The number of ether oxygens (including phenoxy) is 2. The first kappa shape index (κ1) is 21.2. The number of rotatable bonds is 5. The largest absolute Gasteiger partial charge is 0.496 e. The lowest BCUT2D eigenvalue weighted by molar-refractivity contribution is 0.0971. The van der Waals surface area contributed by atoms with Gasteiger partial charge in [0.1, 0.15) is 17.1 Å². The van der Waals surface area contributed by atoms with Crippen LogP contribution in [0, 0.1) is 0 Å². The number of hydrogen-bond donors (Lipinski definition) is 2. The predicted octanol–water partition coefficient (Wildman–Crippen LogP) is 4.47. The molecule has 2 aromatic rings. The maximum Gasteiger partial charge on any atom is 0.264 e. The van der Waals surface area contributed by atoms with E-state index in [1.54, 1.807) is 18.2 Å². The Morgan fingerprint density at radius 3 is 2.28 bits per heavy atom. The van der Waals surface area contributed by atoms with Gasteiger partial charge in [0.15, 0.2) is 5.11 Å². The van der Waals surface area contributed by atoms with E-state index in [9.17, 15) is 4.79 Å². The number of nitrogens with zero attached hydrogens (tertiary/aromatic N) is 1. The highest BCUT2D eigenvalue weighted by Gasteiger charge is 2.21. The van der Waals surface area contributed by atoms with E-state index in [1.165, 1.54) is 20.6 Å². The van der Waals surface area contributed by atoms with Crippen molar-refractivity contribution in [3.63, 3.8) is 0 Å². The van der Waals surface area contributed by atoms with Gasteiger partial charge >= 0.3 is 0 Å². The number of thiocarbonyl (C=S) groups is 1. The summed E-state index contributed by atoms with van der Waals surface area (Å²) in [5, 5.41) is 6.64. The quantitative estimate of drug-likeness (QED) is 0.678. The zero-order chi connectivity index (χ0) is 20.8. The Hall–Kier alpha value is -2.51. The average Bonchev–Trinajstić information content (AvgIpc) is 2.73. The van der Waals surface area contributed by atoms with Crippen molar-refractivity contribution < 1.29 is 14.3 Å². The van der Waals surface area contributed by atoms with Gasteiger partial charge in [0.25, 0.3) is 5.91 Å². The van der Waals surface area contributed by atoms with Gasteiger partial charge in [-0.1, -0.05) is 23.7 Å². The van der Waals surface area contributed by atoms with Crippen molar-refractivity contribution in [2.75, 3.05) is 37.5 Å². The molecule has 0 aromatic heterocycles. The number of methoxy groups -OCH3 is 2. The highest BCUT2D eigenvalue weighted by molar-refractivity contribution is 7.80. The van der Waals surface area contributed by atoms with E-state index in [2.05, 4.69) is 15.5 Å². The summed E-state index contributed by atoms with van der Waals surface area (Å²) in [6, 6.07) is 10.8. The maximum absolute atomic E-state index is 12.8. The molecule has 2 aromatic carbocycles. The van der Waals surface area contributed by atoms with E-state index in [-0.39, 0.29) is 10.7 Å². The molecular formula is C21H24ClN3O3S. The SMILES string of the molecule is COc1cccc(OC)c1C(=O)NC(=S)Nc1cccc(Cl)c1N1CCCCC1. The Morgan fingerprint density at radius 2 is 1.66 bits per heavy atom. The van der Waals surface area contributed by atoms with Crippen molar-refractivity contribution in [3.8, 4) is 11.5 Å². The summed E-state index contributed by atoms with van der Waals surface area (Å²) in [4.78, 5) is 15.1. The fraction of sp³-hybridized carbons (Fsp3) is 0.333. The highest BCUT2D eigenvalue weighted by atomic mass is 35.5. The second-order valence-electron chi connectivity index (χ2n) is 6.63. The number of nitrogens with one attached hydrogen (secondary N) is 2. The zero-order valence-corrected chi connectivity index (χ0v) is 18.0. The van der Waals surface area contributed by atoms with Gasteiger partial charge in [0.05, 0.1) is 30.6 Å². The third-order valence-electron chi connectivity index (χ3n) is 4.79. The number of hydrogen-bond acceptors (Lipinski definition) is 5. The second-order valence-corrected chi connectivity index (χ2v) is 7.44. The summed E-state index contributed by atoms with van der Waals surface area (Å²) in [7, 11) is 3.00. The molecule has 6 nitrogen and oxygen atoms in total. The van der Waals surface area contributed by atoms with E-state index in [0.717, 1.165) is 37.3 Å². The molecule has 8 heteroatoms. The van der Waals surface area contributed by atoms with E-state index >= 15 is 0 Å². The van der Waals surface area contributed by atoms with Crippen LogP contribution in [0.1, 0.15) is 29.6 Å². The lowest BCUT2D eigenvalue weighted by Crippen LogP contribution is -2.36. The number of amides is 1. The molecule has 0 bridgehead atoms. The molecule has 1 aliphatic rings. The zero-order valence-electron chi connectivity index (χ0n) is 16.5. The maximum atomic E-state index is 12.8. The van der Waals surface area contributed by atoms with E-state index in [0.29, 0.717) is 16.5 Å². The smallest absolute Gasteiger partial charge is 0.264 e. The van der Waals surface area contributed by atoms with Crippen molar-refractivity contribution in [1.82, 2.24) is 5.32 Å². The first-order valence-electron chi connectivity index (χ1n) is 9.42. The minimum absolute atomic E-state index is 0.170. The second kappa shape index (κ2) is 9.80. The molecule has 1 amide bonds. The van der Waals surface area contributed by atoms with Crippen LogP contribution in [0.3, 0.4) is 0 Å². The van der Waals surface area contributed by atoms with Gasteiger partial charge < -0.3 is 19.7 Å². The van der Waals surface area contributed by atoms with Crippen LogP contribution >= 0.6 is 23.8 Å². The summed E-state index contributed by atoms with van der Waals surface area (Å²) in [5.41, 5.74) is 1.95. The topological polar surface area (TPSA) is 62.8 Å². The molecule has 1 aliphatic heterocycles. The molecule has 0 unspecified atom stereocenters. The number of carbonyl (C=O) groups excluding carboxylic acids is 1. The monoisotopic (exact) mass is 433 g/mol. The fourth-order valence-corrected chi connectivity index (χ4v) is 3.95. The van der Waals surface area contributed by atoms with Gasteiger partial charge in [-0.25, -0.2) is 0 Å². The molecule has 0 aliphatic carbocycles. The Labute approximate surface area is 181 Å². The minimum Gasteiger partial charge on any atom is -0.496 e. The number of benzene rings is 2. The average molecular weight is 434 g/mol. The van der Waals surface area contributed by atoms with Crippen molar-refractivity contribution in [2.45, 2.75) is 19.3 Å². The predicted molar refractivity (Wildman–Crippen MR) is 121 cm³/mol. The van der Waals surface area contributed by atoms with Gasteiger partial charge in [-0.3, -0.25) is 10.1 Å². The van der Waals surface area contributed by atoms with Gasteiger partial charge in [0.2, 0.25) is 0 Å². The van der Waals surface area contributed by atoms with Crippen LogP contribution < -0.4 is 25.0 Å². The van der Waals surface area contributed by atoms with Crippen LogP contribution in [0.15, 0.2) is 36.4 Å². The number of halogens is 1. The van der Waals surface area contributed by atoms with Crippen LogP contribution in [0.4, 0.5) is 11.4 Å². The molecule has 0 spiro atoms. The molecule has 0 atom stereocenters.